The number of carbonyl (C=O) groups excluding carboxylic acids is 1. The molecule has 2 N–H and O–H groups in total. The number of hydrogen-bond acceptors (Lipinski definition) is 3. The number of nitrogens with one attached hydrogen (secondary N) is 2. The van der Waals surface area contributed by atoms with Gasteiger partial charge in [-0.3, -0.25) is 4.90 Å². The fourth-order valence-electron chi connectivity index (χ4n) is 2.40. The Morgan fingerprint density at radius 1 is 1.35 bits per heavy atom. The molecule has 5 nitrogen and oxygen atoms in total. The Balaban J connectivity index is 1.80. The second kappa shape index (κ2) is 6.61. The van der Waals surface area contributed by atoms with Crippen LogP contribution in [-0.2, 0) is 0 Å². The van der Waals surface area contributed by atoms with Gasteiger partial charge >= 0.3 is 6.03 Å². The SMILES string of the molecule is COc1ccc(NC(=O)NC2CCN(C(C)C)C2)cc1. The summed E-state index contributed by atoms with van der Waals surface area (Å²) >= 11 is 0. The van der Waals surface area contributed by atoms with Gasteiger partial charge in [0.05, 0.1) is 7.11 Å². The Morgan fingerprint density at radius 3 is 2.60 bits per heavy atom. The van der Waals surface area contributed by atoms with Crippen LogP contribution in [-0.4, -0.2) is 43.2 Å². The summed E-state index contributed by atoms with van der Waals surface area (Å²) in [5, 5.41) is 5.86. The number of benzene rings is 1. The lowest BCUT2D eigenvalue weighted by atomic mass is 10.2. The maximum Gasteiger partial charge on any atom is 0.319 e. The lowest BCUT2D eigenvalue weighted by molar-refractivity contribution is 0.244. The Morgan fingerprint density at radius 2 is 2.05 bits per heavy atom. The van der Waals surface area contributed by atoms with Gasteiger partial charge in [-0.2, -0.15) is 0 Å². The summed E-state index contributed by atoms with van der Waals surface area (Å²) in [6, 6.07) is 7.92. The molecule has 0 bridgehead atoms. The van der Waals surface area contributed by atoms with E-state index in [1.165, 1.54) is 0 Å². The highest BCUT2D eigenvalue weighted by Gasteiger charge is 2.25. The van der Waals surface area contributed by atoms with Gasteiger partial charge in [-0.15, -0.1) is 0 Å². The molecule has 110 valence electrons. The summed E-state index contributed by atoms with van der Waals surface area (Å²) in [7, 11) is 1.62. The first-order valence-corrected chi connectivity index (χ1v) is 7.04. The van der Waals surface area contributed by atoms with Gasteiger partial charge in [-0.25, -0.2) is 4.79 Å². The molecule has 1 aliphatic rings. The van der Waals surface area contributed by atoms with Crippen LogP contribution >= 0.6 is 0 Å². The highest BCUT2D eigenvalue weighted by Crippen LogP contribution is 2.15. The lowest BCUT2D eigenvalue weighted by Gasteiger charge is -2.20. The van der Waals surface area contributed by atoms with Gasteiger partial charge < -0.3 is 15.4 Å². The van der Waals surface area contributed by atoms with Crippen molar-refractivity contribution in [3.05, 3.63) is 24.3 Å². The van der Waals surface area contributed by atoms with Crippen LogP contribution in [0.4, 0.5) is 10.5 Å². The molecular formula is C15H23N3O2. The van der Waals surface area contributed by atoms with Crippen LogP contribution in [0, 0.1) is 0 Å². The first kappa shape index (κ1) is 14.7. The summed E-state index contributed by atoms with van der Waals surface area (Å²) in [6.07, 6.45) is 1.01. The van der Waals surface area contributed by atoms with E-state index >= 15 is 0 Å². The molecule has 1 heterocycles. The van der Waals surface area contributed by atoms with E-state index in [1.807, 2.05) is 24.3 Å². The Kier molecular flexibility index (Phi) is 4.84. The topological polar surface area (TPSA) is 53.6 Å². The maximum atomic E-state index is 11.9. The number of methoxy groups -OCH3 is 1. The minimum Gasteiger partial charge on any atom is -0.497 e. The zero-order chi connectivity index (χ0) is 14.5. The van der Waals surface area contributed by atoms with E-state index in [-0.39, 0.29) is 12.1 Å². The van der Waals surface area contributed by atoms with E-state index in [4.69, 9.17) is 4.74 Å². The summed E-state index contributed by atoms with van der Waals surface area (Å²) in [5.41, 5.74) is 0.766. The molecular weight excluding hydrogens is 254 g/mol. The molecule has 2 rings (SSSR count). The molecule has 1 aliphatic heterocycles. The second-order valence-corrected chi connectivity index (χ2v) is 5.40. The average Bonchev–Trinajstić information content (AvgIpc) is 2.88. The van der Waals surface area contributed by atoms with Gasteiger partial charge in [-0.1, -0.05) is 0 Å². The molecule has 1 aromatic rings. The maximum absolute atomic E-state index is 11.9. The van der Waals surface area contributed by atoms with Gasteiger partial charge in [0.25, 0.3) is 0 Å². The van der Waals surface area contributed by atoms with Crippen molar-refractivity contribution >= 4 is 11.7 Å². The van der Waals surface area contributed by atoms with Crippen molar-refractivity contribution in [2.24, 2.45) is 0 Å². The zero-order valence-corrected chi connectivity index (χ0v) is 12.3. The quantitative estimate of drug-likeness (QED) is 0.888. The normalized spacial score (nSPS) is 19.1. The van der Waals surface area contributed by atoms with Crippen LogP contribution in [0.15, 0.2) is 24.3 Å². The van der Waals surface area contributed by atoms with E-state index in [1.54, 1.807) is 7.11 Å². The number of anilines is 1. The molecule has 1 unspecified atom stereocenters. The third kappa shape index (κ3) is 3.87. The van der Waals surface area contributed by atoms with E-state index in [0.717, 1.165) is 30.9 Å². The van der Waals surface area contributed by atoms with Gasteiger partial charge in [0.1, 0.15) is 5.75 Å². The molecule has 0 saturated carbocycles. The molecule has 1 fully saturated rings. The number of urea groups is 1. The molecule has 5 heteroatoms. The smallest absolute Gasteiger partial charge is 0.319 e. The number of amides is 2. The number of ether oxygens (including phenoxy) is 1. The van der Waals surface area contributed by atoms with Crippen LogP contribution in [0.2, 0.25) is 0 Å². The molecule has 1 atom stereocenters. The van der Waals surface area contributed by atoms with Gasteiger partial charge in [-0.05, 0) is 44.5 Å². The van der Waals surface area contributed by atoms with Crippen molar-refractivity contribution in [2.45, 2.75) is 32.4 Å². The zero-order valence-electron chi connectivity index (χ0n) is 12.3. The van der Waals surface area contributed by atoms with Crippen molar-refractivity contribution in [2.75, 3.05) is 25.5 Å². The molecule has 1 saturated heterocycles. The second-order valence-electron chi connectivity index (χ2n) is 5.40. The van der Waals surface area contributed by atoms with E-state index in [9.17, 15) is 4.79 Å². The summed E-state index contributed by atoms with van der Waals surface area (Å²) < 4.78 is 5.08. The first-order valence-electron chi connectivity index (χ1n) is 7.04. The van der Waals surface area contributed by atoms with Gasteiger partial charge in [0, 0.05) is 30.9 Å². The average molecular weight is 277 g/mol. The number of hydrogen-bond donors (Lipinski definition) is 2. The van der Waals surface area contributed by atoms with Crippen LogP contribution in [0.5, 0.6) is 5.75 Å². The highest BCUT2D eigenvalue weighted by molar-refractivity contribution is 5.89. The monoisotopic (exact) mass is 277 g/mol. The standard InChI is InChI=1S/C15H23N3O2/c1-11(2)18-9-8-13(10-18)17-15(19)16-12-4-6-14(20-3)7-5-12/h4-7,11,13H,8-10H2,1-3H3,(H2,16,17,19). The van der Waals surface area contributed by atoms with E-state index < -0.39 is 0 Å². The van der Waals surface area contributed by atoms with Crippen molar-refractivity contribution in [1.29, 1.82) is 0 Å². The summed E-state index contributed by atoms with van der Waals surface area (Å²) in [6.45, 7) is 6.33. The number of carbonyl (C=O) groups is 1. The predicted octanol–water partition coefficient (Wildman–Crippen LogP) is 2.30. The summed E-state index contributed by atoms with van der Waals surface area (Å²) in [5.74, 6) is 0.777. The predicted molar refractivity (Wildman–Crippen MR) is 80.3 cm³/mol. The van der Waals surface area contributed by atoms with E-state index in [2.05, 4.69) is 29.4 Å². The number of nitrogens with zero attached hydrogens (tertiary/aromatic N) is 1. The molecule has 0 spiro atoms. The molecule has 1 aromatic carbocycles. The molecule has 0 radical (unpaired) electrons. The molecule has 0 aromatic heterocycles. The number of rotatable bonds is 4. The minimum absolute atomic E-state index is 0.147. The van der Waals surface area contributed by atoms with E-state index in [0.29, 0.717) is 6.04 Å². The molecule has 2 amide bonds. The first-order chi connectivity index (χ1) is 9.58. The molecule has 20 heavy (non-hydrogen) atoms. The highest BCUT2D eigenvalue weighted by atomic mass is 16.5. The van der Waals surface area contributed by atoms with Crippen molar-refractivity contribution in [3.8, 4) is 5.75 Å². The van der Waals surface area contributed by atoms with Crippen LogP contribution in [0.1, 0.15) is 20.3 Å². The fraction of sp³-hybridized carbons (Fsp3) is 0.533. The number of likely N-dealkylation sites (tertiary alicyclic amines) is 1. The third-order valence-corrected chi connectivity index (χ3v) is 3.63. The minimum atomic E-state index is -0.147. The van der Waals surface area contributed by atoms with Gasteiger partial charge in [0.2, 0.25) is 0 Å². The Hall–Kier alpha value is -1.75. The molecule has 0 aliphatic carbocycles. The Bertz CT molecular complexity index is 445. The summed E-state index contributed by atoms with van der Waals surface area (Å²) in [4.78, 5) is 14.3. The van der Waals surface area contributed by atoms with Gasteiger partial charge in [0.15, 0.2) is 0 Å². The largest absolute Gasteiger partial charge is 0.497 e. The van der Waals surface area contributed by atoms with Crippen LogP contribution < -0.4 is 15.4 Å². The third-order valence-electron chi connectivity index (χ3n) is 3.63. The van der Waals surface area contributed by atoms with Crippen LogP contribution in [0.3, 0.4) is 0 Å². The Labute approximate surface area is 120 Å². The van der Waals surface area contributed by atoms with Crippen LogP contribution in [0.25, 0.3) is 0 Å². The van der Waals surface area contributed by atoms with Crippen molar-refractivity contribution < 1.29 is 9.53 Å². The van der Waals surface area contributed by atoms with Crippen molar-refractivity contribution in [3.63, 3.8) is 0 Å². The van der Waals surface area contributed by atoms with Crippen molar-refractivity contribution in [1.82, 2.24) is 10.2 Å². The lowest BCUT2D eigenvalue weighted by Crippen LogP contribution is -2.40. The fourth-order valence-corrected chi connectivity index (χ4v) is 2.40.